The summed E-state index contributed by atoms with van der Waals surface area (Å²) < 4.78 is 11.0. The van der Waals surface area contributed by atoms with Gasteiger partial charge in [0.25, 0.3) is 0 Å². The molecule has 1 aromatic heterocycles. The van der Waals surface area contributed by atoms with Gasteiger partial charge in [0.1, 0.15) is 6.10 Å². The van der Waals surface area contributed by atoms with Crippen molar-refractivity contribution >= 4 is 11.3 Å². The van der Waals surface area contributed by atoms with Crippen molar-refractivity contribution in [2.75, 3.05) is 13.7 Å². The van der Waals surface area contributed by atoms with Crippen LogP contribution in [-0.4, -0.2) is 25.9 Å². The molecule has 0 fully saturated rings. The largest absolute Gasteiger partial charge is 0.382 e. The van der Waals surface area contributed by atoms with Crippen molar-refractivity contribution in [3.8, 4) is 0 Å². The third-order valence-electron chi connectivity index (χ3n) is 2.46. The van der Waals surface area contributed by atoms with Crippen LogP contribution >= 0.6 is 11.3 Å². The molecule has 3 unspecified atom stereocenters. The smallest absolute Gasteiger partial charge is 0.107 e. The van der Waals surface area contributed by atoms with Crippen molar-refractivity contribution in [3.63, 3.8) is 0 Å². The Morgan fingerprint density at radius 2 is 2.25 bits per heavy atom. The molecule has 16 heavy (non-hydrogen) atoms. The number of hydrogen-bond acceptors (Lipinski definition) is 4. The lowest BCUT2D eigenvalue weighted by atomic mass is 10.1. The Morgan fingerprint density at radius 1 is 1.50 bits per heavy atom. The predicted octanol–water partition coefficient (Wildman–Crippen LogP) is 2.58. The minimum atomic E-state index is -0.0184. The SMILES string of the molecule is CCC(N)C(OC(C)COC)c1cccs1. The van der Waals surface area contributed by atoms with Crippen molar-refractivity contribution in [2.24, 2.45) is 5.73 Å². The molecule has 0 aliphatic heterocycles. The number of hydrogen-bond donors (Lipinski definition) is 1. The molecule has 0 aliphatic carbocycles. The lowest BCUT2D eigenvalue weighted by Crippen LogP contribution is -2.32. The van der Waals surface area contributed by atoms with E-state index in [9.17, 15) is 0 Å². The zero-order valence-corrected chi connectivity index (χ0v) is 11.0. The van der Waals surface area contributed by atoms with Gasteiger partial charge in [0, 0.05) is 18.0 Å². The quantitative estimate of drug-likeness (QED) is 0.800. The Balaban J connectivity index is 2.65. The Kier molecular flexibility index (Phi) is 5.98. The van der Waals surface area contributed by atoms with Crippen LogP contribution in [0.25, 0.3) is 0 Å². The minimum absolute atomic E-state index is 0.0184. The third kappa shape index (κ3) is 3.87. The third-order valence-corrected chi connectivity index (χ3v) is 3.40. The maximum atomic E-state index is 6.09. The van der Waals surface area contributed by atoms with Gasteiger partial charge >= 0.3 is 0 Å². The van der Waals surface area contributed by atoms with Crippen LogP contribution in [-0.2, 0) is 9.47 Å². The first-order valence-electron chi connectivity index (χ1n) is 5.62. The van der Waals surface area contributed by atoms with Crippen LogP contribution in [0.4, 0.5) is 0 Å². The van der Waals surface area contributed by atoms with E-state index < -0.39 is 0 Å². The average Bonchev–Trinajstić information content (AvgIpc) is 2.78. The second-order valence-electron chi connectivity index (χ2n) is 3.91. The van der Waals surface area contributed by atoms with Crippen molar-refractivity contribution in [3.05, 3.63) is 22.4 Å². The second-order valence-corrected chi connectivity index (χ2v) is 4.89. The molecule has 0 radical (unpaired) electrons. The van der Waals surface area contributed by atoms with E-state index in [1.54, 1.807) is 18.4 Å². The molecule has 0 aliphatic rings. The molecule has 3 atom stereocenters. The molecule has 0 spiro atoms. The molecule has 92 valence electrons. The van der Waals surface area contributed by atoms with E-state index in [-0.39, 0.29) is 18.2 Å². The number of nitrogens with two attached hydrogens (primary N) is 1. The molecule has 3 nitrogen and oxygen atoms in total. The van der Waals surface area contributed by atoms with Crippen LogP contribution in [0.1, 0.15) is 31.2 Å². The van der Waals surface area contributed by atoms with Gasteiger partial charge in [-0.05, 0) is 24.8 Å². The molecule has 1 rings (SSSR count). The lowest BCUT2D eigenvalue weighted by Gasteiger charge is -2.25. The summed E-state index contributed by atoms with van der Waals surface area (Å²) in [5.41, 5.74) is 6.09. The summed E-state index contributed by atoms with van der Waals surface area (Å²) in [6, 6.07) is 4.14. The van der Waals surface area contributed by atoms with Gasteiger partial charge in [-0.2, -0.15) is 0 Å². The number of rotatable bonds is 7. The topological polar surface area (TPSA) is 44.5 Å². The van der Waals surface area contributed by atoms with Crippen LogP contribution in [0.15, 0.2) is 17.5 Å². The zero-order valence-electron chi connectivity index (χ0n) is 10.2. The van der Waals surface area contributed by atoms with E-state index in [2.05, 4.69) is 18.4 Å². The van der Waals surface area contributed by atoms with E-state index in [4.69, 9.17) is 15.2 Å². The highest BCUT2D eigenvalue weighted by Gasteiger charge is 2.22. The molecule has 0 bridgehead atoms. The first-order chi connectivity index (χ1) is 7.69. The summed E-state index contributed by atoms with van der Waals surface area (Å²) in [5.74, 6) is 0. The van der Waals surface area contributed by atoms with Crippen LogP contribution in [0.5, 0.6) is 0 Å². The van der Waals surface area contributed by atoms with E-state index in [0.717, 1.165) is 6.42 Å². The Labute approximate surface area is 102 Å². The molecule has 0 amide bonds. The van der Waals surface area contributed by atoms with Crippen molar-refractivity contribution < 1.29 is 9.47 Å². The van der Waals surface area contributed by atoms with Crippen LogP contribution < -0.4 is 5.73 Å². The van der Waals surface area contributed by atoms with E-state index >= 15 is 0 Å². The molecular weight excluding hydrogens is 222 g/mol. The fourth-order valence-electron chi connectivity index (χ4n) is 1.57. The summed E-state index contributed by atoms with van der Waals surface area (Å²) in [4.78, 5) is 1.19. The van der Waals surface area contributed by atoms with Gasteiger partial charge in [-0.15, -0.1) is 11.3 Å². The molecular formula is C12H21NO2S. The average molecular weight is 243 g/mol. The van der Waals surface area contributed by atoms with E-state index in [0.29, 0.717) is 6.61 Å². The van der Waals surface area contributed by atoms with Crippen LogP contribution in [0.2, 0.25) is 0 Å². The Hall–Kier alpha value is -0.420. The molecule has 0 aromatic carbocycles. The lowest BCUT2D eigenvalue weighted by molar-refractivity contribution is -0.0492. The summed E-state index contributed by atoms with van der Waals surface area (Å²) in [5, 5.41) is 2.05. The predicted molar refractivity (Wildman–Crippen MR) is 67.7 cm³/mol. The van der Waals surface area contributed by atoms with Gasteiger partial charge < -0.3 is 15.2 Å². The molecule has 4 heteroatoms. The van der Waals surface area contributed by atoms with Gasteiger partial charge in [-0.3, -0.25) is 0 Å². The Bertz CT molecular complexity index is 277. The highest BCUT2D eigenvalue weighted by molar-refractivity contribution is 7.10. The molecule has 1 heterocycles. The normalized spacial score (nSPS) is 17.0. The standard InChI is InChI=1S/C12H21NO2S/c1-4-10(13)12(11-6-5-7-16-11)15-9(2)8-14-3/h5-7,9-10,12H,4,8,13H2,1-3H3. The van der Waals surface area contributed by atoms with Gasteiger partial charge in [-0.25, -0.2) is 0 Å². The molecule has 2 N–H and O–H groups in total. The maximum absolute atomic E-state index is 6.09. The molecule has 0 saturated heterocycles. The number of thiophene rings is 1. The summed E-state index contributed by atoms with van der Waals surface area (Å²) in [6.45, 7) is 4.68. The fraction of sp³-hybridized carbons (Fsp3) is 0.667. The zero-order chi connectivity index (χ0) is 12.0. The van der Waals surface area contributed by atoms with Crippen molar-refractivity contribution in [1.82, 2.24) is 0 Å². The monoisotopic (exact) mass is 243 g/mol. The maximum Gasteiger partial charge on any atom is 0.107 e. The van der Waals surface area contributed by atoms with Gasteiger partial charge in [-0.1, -0.05) is 13.0 Å². The van der Waals surface area contributed by atoms with E-state index in [1.807, 2.05) is 13.0 Å². The first kappa shape index (κ1) is 13.6. The number of methoxy groups -OCH3 is 1. The van der Waals surface area contributed by atoms with Crippen molar-refractivity contribution in [1.29, 1.82) is 0 Å². The molecule has 0 saturated carbocycles. The highest BCUT2D eigenvalue weighted by Crippen LogP contribution is 2.27. The van der Waals surface area contributed by atoms with Gasteiger partial charge in [0.05, 0.1) is 12.7 Å². The first-order valence-corrected chi connectivity index (χ1v) is 6.50. The summed E-state index contributed by atoms with van der Waals surface area (Å²) in [7, 11) is 1.68. The van der Waals surface area contributed by atoms with Crippen molar-refractivity contribution in [2.45, 2.75) is 38.5 Å². The minimum Gasteiger partial charge on any atom is -0.382 e. The second kappa shape index (κ2) is 7.01. The summed E-state index contributed by atoms with van der Waals surface area (Å²) in [6.07, 6.45) is 0.951. The fourth-order valence-corrected chi connectivity index (χ4v) is 2.41. The van der Waals surface area contributed by atoms with E-state index in [1.165, 1.54) is 4.88 Å². The Morgan fingerprint density at radius 3 is 2.75 bits per heavy atom. The summed E-state index contributed by atoms with van der Waals surface area (Å²) >= 11 is 1.69. The van der Waals surface area contributed by atoms with Crippen LogP contribution in [0, 0.1) is 0 Å². The molecule has 1 aromatic rings. The van der Waals surface area contributed by atoms with Gasteiger partial charge in [0.15, 0.2) is 0 Å². The van der Waals surface area contributed by atoms with Gasteiger partial charge in [0.2, 0.25) is 0 Å². The number of ether oxygens (including phenoxy) is 2. The van der Waals surface area contributed by atoms with Crippen LogP contribution in [0.3, 0.4) is 0 Å². The highest BCUT2D eigenvalue weighted by atomic mass is 32.1.